The van der Waals surface area contributed by atoms with Gasteiger partial charge in [-0.05, 0) is 12.1 Å². The molecule has 0 saturated heterocycles. The molecule has 0 aliphatic carbocycles. The van der Waals surface area contributed by atoms with E-state index in [1.807, 2.05) is 0 Å². The van der Waals surface area contributed by atoms with E-state index in [1.165, 1.54) is 17.8 Å². The molecular formula is C11H11N3O4S. The highest BCUT2D eigenvalue weighted by Crippen LogP contribution is 2.21. The monoisotopic (exact) mass is 281 g/mol. The lowest BCUT2D eigenvalue weighted by Gasteiger charge is -2.15. The van der Waals surface area contributed by atoms with E-state index in [0.717, 1.165) is 4.31 Å². The summed E-state index contributed by atoms with van der Waals surface area (Å²) in [5.41, 5.74) is 0.401. The quantitative estimate of drug-likeness (QED) is 0.819. The predicted molar refractivity (Wildman–Crippen MR) is 69.7 cm³/mol. The van der Waals surface area contributed by atoms with Crippen molar-refractivity contribution in [1.82, 2.24) is 9.78 Å². The molecule has 1 aromatic carbocycles. The normalized spacial score (nSPS) is 12.1. The van der Waals surface area contributed by atoms with Crippen molar-refractivity contribution in [3.63, 3.8) is 0 Å². The van der Waals surface area contributed by atoms with Gasteiger partial charge in [0.1, 0.15) is 5.82 Å². The fourth-order valence-corrected chi connectivity index (χ4v) is 1.83. The molecule has 1 unspecified atom stereocenters. The number of para-hydroxylation sites is 1. The average Bonchev–Trinajstić information content (AvgIpc) is 2.83. The third-order valence-corrected chi connectivity index (χ3v) is 3.12. The number of carboxylic acid groups (broad SMARTS) is 1. The van der Waals surface area contributed by atoms with Gasteiger partial charge in [0.15, 0.2) is 5.69 Å². The molecule has 0 radical (unpaired) electrons. The van der Waals surface area contributed by atoms with Crippen molar-refractivity contribution in [3.05, 3.63) is 42.1 Å². The number of carboxylic acids is 1. The van der Waals surface area contributed by atoms with Gasteiger partial charge in [-0.25, -0.2) is 13.7 Å². The summed E-state index contributed by atoms with van der Waals surface area (Å²) >= 11 is -2.27. The third kappa shape index (κ3) is 2.64. The van der Waals surface area contributed by atoms with E-state index in [4.69, 9.17) is 9.66 Å². The highest BCUT2D eigenvalue weighted by Gasteiger charge is 2.19. The Morgan fingerprint density at radius 2 is 2.00 bits per heavy atom. The summed E-state index contributed by atoms with van der Waals surface area (Å²) in [6.45, 7) is 0. The molecular weight excluding hydrogens is 270 g/mol. The lowest BCUT2D eigenvalue weighted by atomic mass is 10.3. The highest BCUT2D eigenvalue weighted by atomic mass is 32.2. The van der Waals surface area contributed by atoms with Crippen LogP contribution in [-0.2, 0) is 11.3 Å². The number of carbonyl (C=O) groups is 1. The molecule has 0 amide bonds. The largest absolute Gasteiger partial charge is 0.476 e. The topological polar surface area (TPSA) is 95.7 Å². The summed E-state index contributed by atoms with van der Waals surface area (Å²) < 4.78 is 22.5. The maximum Gasteiger partial charge on any atom is 0.356 e. The molecule has 0 aliphatic heterocycles. The zero-order chi connectivity index (χ0) is 14.0. The molecule has 7 nitrogen and oxygen atoms in total. The first-order chi connectivity index (χ1) is 9.00. The van der Waals surface area contributed by atoms with Crippen LogP contribution in [0.15, 0.2) is 36.4 Å². The van der Waals surface area contributed by atoms with E-state index in [-0.39, 0.29) is 11.5 Å². The maximum atomic E-state index is 11.1. The number of aromatic carboxylic acids is 1. The highest BCUT2D eigenvalue weighted by molar-refractivity contribution is 7.80. The molecule has 0 spiro atoms. The van der Waals surface area contributed by atoms with Gasteiger partial charge in [0.05, 0.1) is 5.69 Å². The standard InChI is InChI=1S/C11H11N3O4S/c1-13(19(17)18)10-7-9(11(15)16)12-14(10)8-5-3-2-4-6-8/h2-7H,1H3,(H,15,16)(H,17,18). The summed E-state index contributed by atoms with van der Waals surface area (Å²) in [5, 5.41) is 12.9. The molecule has 0 bridgehead atoms. The van der Waals surface area contributed by atoms with E-state index in [0.29, 0.717) is 5.69 Å². The van der Waals surface area contributed by atoms with Gasteiger partial charge in [0, 0.05) is 13.1 Å². The van der Waals surface area contributed by atoms with Crippen LogP contribution in [0.2, 0.25) is 0 Å². The Hall–Kier alpha value is -2.19. The summed E-state index contributed by atoms with van der Waals surface area (Å²) in [6.07, 6.45) is 0. The van der Waals surface area contributed by atoms with E-state index in [9.17, 15) is 9.00 Å². The first kappa shape index (κ1) is 13.2. The number of anilines is 1. The molecule has 2 rings (SSSR count). The van der Waals surface area contributed by atoms with Crippen LogP contribution in [0.25, 0.3) is 5.69 Å². The Kier molecular flexibility index (Phi) is 3.63. The lowest BCUT2D eigenvalue weighted by molar-refractivity contribution is 0.0690. The van der Waals surface area contributed by atoms with Crippen molar-refractivity contribution in [2.45, 2.75) is 0 Å². The Morgan fingerprint density at radius 3 is 2.53 bits per heavy atom. The maximum absolute atomic E-state index is 11.1. The van der Waals surface area contributed by atoms with Gasteiger partial charge in [0.25, 0.3) is 11.3 Å². The van der Waals surface area contributed by atoms with Crippen LogP contribution in [0.3, 0.4) is 0 Å². The van der Waals surface area contributed by atoms with Crippen molar-refractivity contribution in [3.8, 4) is 5.69 Å². The van der Waals surface area contributed by atoms with E-state index >= 15 is 0 Å². The number of hydrogen-bond donors (Lipinski definition) is 2. The molecule has 0 aliphatic rings. The summed E-state index contributed by atoms with van der Waals surface area (Å²) in [4.78, 5) is 11.0. The van der Waals surface area contributed by atoms with Crippen molar-refractivity contribution in [2.24, 2.45) is 0 Å². The van der Waals surface area contributed by atoms with E-state index < -0.39 is 17.2 Å². The van der Waals surface area contributed by atoms with Crippen molar-refractivity contribution >= 4 is 23.1 Å². The van der Waals surface area contributed by atoms with Gasteiger partial charge in [-0.3, -0.25) is 8.86 Å². The van der Waals surface area contributed by atoms with Gasteiger partial charge in [-0.1, -0.05) is 18.2 Å². The number of rotatable bonds is 4. The van der Waals surface area contributed by atoms with Crippen molar-refractivity contribution in [2.75, 3.05) is 11.4 Å². The molecule has 1 aromatic heterocycles. The average molecular weight is 281 g/mol. The zero-order valence-electron chi connectivity index (χ0n) is 9.92. The molecule has 100 valence electrons. The van der Waals surface area contributed by atoms with Crippen molar-refractivity contribution in [1.29, 1.82) is 0 Å². The second-order valence-corrected chi connectivity index (χ2v) is 4.68. The first-order valence-corrected chi connectivity index (χ1v) is 6.30. The Bertz CT molecular complexity index is 626. The van der Waals surface area contributed by atoms with Crippen LogP contribution in [0.1, 0.15) is 10.5 Å². The molecule has 0 fully saturated rings. The minimum atomic E-state index is -2.27. The van der Waals surface area contributed by atoms with Gasteiger partial charge in [-0.2, -0.15) is 5.10 Å². The molecule has 8 heteroatoms. The molecule has 1 heterocycles. The predicted octanol–water partition coefficient (Wildman–Crippen LogP) is 1.14. The minimum absolute atomic E-state index is 0.198. The van der Waals surface area contributed by atoms with Crippen molar-refractivity contribution < 1.29 is 18.7 Å². The SMILES string of the molecule is CN(c1cc(C(=O)O)nn1-c1ccccc1)S(=O)O. The van der Waals surface area contributed by atoms with Crippen LogP contribution in [-0.4, -0.2) is 36.7 Å². The molecule has 2 aromatic rings. The summed E-state index contributed by atoms with van der Waals surface area (Å²) in [6, 6.07) is 10.0. The van der Waals surface area contributed by atoms with Gasteiger partial charge < -0.3 is 5.11 Å². The Labute approximate surface area is 111 Å². The number of benzene rings is 1. The smallest absolute Gasteiger partial charge is 0.356 e. The second kappa shape index (κ2) is 5.21. The number of aromatic nitrogens is 2. The van der Waals surface area contributed by atoms with Crippen LogP contribution in [0.5, 0.6) is 0 Å². The van der Waals surface area contributed by atoms with Gasteiger partial charge in [-0.15, -0.1) is 0 Å². The minimum Gasteiger partial charge on any atom is -0.476 e. The van der Waals surface area contributed by atoms with E-state index in [1.54, 1.807) is 30.3 Å². The first-order valence-electron chi connectivity index (χ1n) is 5.24. The Morgan fingerprint density at radius 1 is 1.37 bits per heavy atom. The van der Waals surface area contributed by atoms with Crippen LogP contribution >= 0.6 is 0 Å². The van der Waals surface area contributed by atoms with Crippen LogP contribution in [0, 0.1) is 0 Å². The van der Waals surface area contributed by atoms with Crippen LogP contribution < -0.4 is 4.31 Å². The Balaban J connectivity index is 2.58. The lowest BCUT2D eigenvalue weighted by Crippen LogP contribution is -2.22. The molecule has 0 saturated carbocycles. The second-order valence-electron chi connectivity index (χ2n) is 3.67. The summed E-state index contributed by atoms with van der Waals surface area (Å²) in [5.74, 6) is -0.988. The van der Waals surface area contributed by atoms with E-state index in [2.05, 4.69) is 5.10 Å². The molecule has 19 heavy (non-hydrogen) atoms. The van der Waals surface area contributed by atoms with Gasteiger partial charge >= 0.3 is 5.97 Å². The molecule has 2 N–H and O–H groups in total. The summed E-state index contributed by atoms with van der Waals surface area (Å²) in [7, 11) is 1.37. The fourth-order valence-electron chi connectivity index (χ4n) is 1.54. The zero-order valence-corrected chi connectivity index (χ0v) is 10.7. The molecule has 1 atom stereocenters. The third-order valence-electron chi connectivity index (χ3n) is 2.47. The number of hydrogen-bond acceptors (Lipinski definition) is 3. The number of nitrogens with zero attached hydrogens (tertiary/aromatic N) is 3. The fraction of sp³-hybridized carbons (Fsp3) is 0.0909. The van der Waals surface area contributed by atoms with Gasteiger partial charge in [0.2, 0.25) is 0 Å². The van der Waals surface area contributed by atoms with Crippen LogP contribution in [0.4, 0.5) is 5.82 Å².